The van der Waals surface area contributed by atoms with Crippen LogP contribution in [0.5, 0.6) is 0 Å². The van der Waals surface area contributed by atoms with Gasteiger partial charge in [-0.2, -0.15) is 0 Å². The summed E-state index contributed by atoms with van der Waals surface area (Å²) in [6.07, 6.45) is 0. The molecule has 0 aromatic carbocycles. The number of thiophene rings is 1. The van der Waals surface area contributed by atoms with Crippen LogP contribution in [-0.2, 0) is 6.54 Å². The van der Waals surface area contributed by atoms with Crippen molar-refractivity contribution in [3.8, 4) is 0 Å². The highest BCUT2D eigenvalue weighted by Crippen LogP contribution is 2.05. The maximum Gasteiger partial charge on any atom is 0.0446 e. The Labute approximate surface area is 53.4 Å². The Morgan fingerprint density at radius 1 is 1.88 bits per heavy atom. The molecule has 0 aliphatic rings. The summed E-state index contributed by atoms with van der Waals surface area (Å²) in [6, 6.07) is 4.01. The molecule has 1 aromatic rings. The summed E-state index contributed by atoms with van der Waals surface area (Å²) in [5.74, 6) is 0. The van der Waals surface area contributed by atoms with Crippen molar-refractivity contribution in [3.05, 3.63) is 22.4 Å². The van der Waals surface area contributed by atoms with Gasteiger partial charge in [0.1, 0.15) is 0 Å². The van der Waals surface area contributed by atoms with E-state index in [2.05, 4.69) is 16.8 Å². The standard InChI is InChI=1S/C6H8NS/c1-7-5-6-3-2-4-8-6/h2-3,7H,5H2,1H3. The maximum atomic E-state index is 3.06. The van der Waals surface area contributed by atoms with Crippen LogP contribution in [0.2, 0.25) is 0 Å². The Balaban J connectivity index is 2.50. The fourth-order valence-electron chi connectivity index (χ4n) is 0.540. The van der Waals surface area contributed by atoms with E-state index in [1.165, 1.54) is 4.88 Å². The van der Waals surface area contributed by atoms with Crippen molar-refractivity contribution in [1.82, 2.24) is 5.32 Å². The van der Waals surface area contributed by atoms with Gasteiger partial charge in [0.05, 0.1) is 0 Å². The van der Waals surface area contributed by atoms with Gasteiger partial charge in [-0.1, -0.05) is 0 Å². The average Bonchev–Trinajstić information content (AvgIpc) is 2.19. The molecule has 0 amide bonds. The molecule has 0 fully saturated rings. The first kappa shape index (κ1) is 5.79. The minimum absolute atomic E-state index is 0.966. The molecule has 2 heteroatoms. The zero-order chi connectivity index (χ0) is 5.82. The van der Waals surface area contributed by atoms with Crippen LogP contribution in [-0.4, -0.2) is 7.05 Å². The minimum atomic E-state index is 0.966. The molecule has 0 saturated carbocycles. The number of nitrogens with one attached hydrogen (secondary N) is 1. The molecule has 0 aliphatic carbocycles. The maximum absolute atomic E-state index is 3.06. The molecule has 0 bridgehead atoms. The van der Waals surface area contributed by atoms with E-state index in [0.717, 1.165) is 6.54 Å². The minimum Gasteiger partial charge on any atom is -0.315 e. The first-order chi connectivity index (χ1) is 3.93. The first-order valence-electron chi connectivity index (χ1n) is 2.53. The van der Waals surface area contributed by atoms with Gasteiger partial charge in [-0.25, -0.2) is 0 Å². The third-order valence-corrected chi connectivity index (χ3v) is 1.67. The van der Waals surface area contributed by atoms with E-state index in [9.17, 15) is 0 Å². The molecule has 1 heterocycles. The van der Waals surface area contributed by atoms with Crippen LogP contribution >= 0.6 is 11.3 Å². The average molecular weight is 126 g/mol. The van der Waals surface area contributed by atoms with Crippen molar-refractivity contribution in [2.75, 3.05) is 7.05 Å². The lowest BCUT2D eigenvalue weighted by Gasteiger charge is -1.89. The number of hydrogen-bond donors (Lipinski definition) is 1. The predicted molar refractivity (Wildman–Crippen MR) is 35.9 cm³/mol. The van der Waals surface area contributed by atoms with Gasteiger partial charge in [0, 0.05) is 16.8 Å². The molecule has 8 heavy (non-hydrogen) atoms. The Morgan fingerprint density at radius 2 is 2.75 bits per heavy atom. The molecule has 1 rings (SSSR count). The van der Waals surface area contributed by atoms with Crippen LogP contribution in [0.4, 0.5) is 0 Å². The van der Waals surface area contributed by atoms with Crippen molar-refractivity contribution in [1.29, 1.82) is 0 Å². The number of hydrogen-bond acceptors (Lipinski definition) is 2. The summed E-state index contributed by atoms with van der Waals surface area (Å²) in [6.45, 7) is 0.966. The highest BCUT2D eigenvalue weighted by molar-refractivity contribution is 7.09. The van der Waals surface area contributed by atoms with Crippen LogP contribution < -0.4 is 5.32 Å². The van der Waals surface area contributed by atoms with E-state index < -0.39 is 0 Å². The van der Waals surface area contributed by atoms with Gasteiger partial charge in [0.2, 0.25) is 0 Å². The van der Waals surface area contributed by atoms with Crippen molar-refractivity contribution < 1.29 is 0 Å². The van der Waals surface area contributed by atoms with Gasteiger partial charge in [-0.15, -0.1) is 11.3 Å². The smallest absolute Gasteiger partial charge is 0.0446 e. The molecule has 0 aliphatic heterocycles. The van der Waals surface area contributed by atoms with Crippen molar-refractivity contribution in [2.24, 2.45) is 0 Å². The molecular weight excluding hydrogens is 118 g/mol. The molecule has 0 saturated heterocycles. The van der Waals surface area contributed by atoms with E-state index in [4.69, 9.17) is 0 Å². The molecule has 0 unspecified atom stereocenters. The van der Waals surface area contributed by atoms with Crippen molar-refractivity contribution >= 4 is 11.3 Å². The first-order valence-corrected chi connectivity index (χ1v) is 3.34. The summed E-state index contributed by atoms with van der Waals surface area (Å²) >= 11 is 1.66. The van der Waals surface area contributed by atoms with E-state index in [0.29, 0.717) is 0 Å². The Bertz CT molecular complexity index is 134. The second-order valence-electron chi connectivity index (χ2n) is 1.55. The third kappa shape index (κ3) is 1.32. The monoisotopic (exact) mass is 126 g/mol. The zero-order valence-corrected chi connectivity index (χ0v) is 5.59. The van der Waals surface area contributed by atoms with Gasteiger partial charge in [0.15, 0.2) is 0 Å². The molecule has 1 aromatic heterocycles. The van der Waals surface area contributed by atoms with Crippen LogP contribution in [0.3, 0.4) is 0 Å². The fraction of sp³-hybridized carbons (Fsp3) is 0.333. The Morgan fingerprint density at radius 3 is 3.25 bits per heavy atom. The summed E-state index contributed by atoms with van der Waals surface area (Å²) < 4.78 is 0. The topological polar surface area (TPSA) is 12.0 Å². The molecule has 0 spiro atoms. The second-order valence-corrected chi connectivity index (χ2v) is 2.51. The van der Waals surface area contributed by atoms with Crippen LogP contribution in [0.1, 0.15) is 4.88 Å². The molecule has 1 radical (unpaired) electrons. The van der Waals surface area contributed by atoms with Gasteiger partial charge in [-0.05, 0) is 19.2 Å². The van der Waals surface area contributed by atoms with Gasteiger partial charge in [0.25, 0.3) is 0 Å². The largest absolute Gasteiger partial charge is 0.315 e. The van der Waals surface area contributed by atoms with Gasteiger partial charge >= 0.3 is 0 Å². The summed E-state index contributed by atoms with van der Waals surface area (Å²) in [4.78, 5) is 1.34. The van der Waals surface area contributed by atoms with E-state index >= 15 is 0 Å². The fourth-order valence-corrected chi connectivity index (χ4v) is 1.18. The van der Waals surface area contributed by atoms with E-state index in [1.54, 1.807) is 11.3 Å². The van der Waals surface area contributed by atoms with Crippen LogP contribution in [0.25, 0.3) is 0 Å². The van der Waals surface area contributed by atoms with Gasteiger partial charge < -0.3 is 5.32 Å². The zero-order valence-electron chi connectivity index (χ0n) is 4.77. The van der Waals surface area contributed by atoms with Crippen LogP contribution in [0, 0.1) is 5.38 Å². The summed E-state index contributed by atoms with van der Waals surface area (Å²) in [7, 11) is 1.94. The lowest BCUT2D eigenvalue weighted by Crippen LogP contribution is -2.02. The molecule has 43 valence electrons. The highest BCUT2D eigenvalue weighted by Gasteiger charge is 1.86. The second kappa shape index (κ2) is 2.84. The predicted octanol–water partition coefficient (Wildman–Crippen LogP) is 1.27. The van der Waals surface area contributed by atoms with Crippen molar-refractivity contribution in [2.45, 2.75) is 6.54 Å². The van der Waals surface area contributed by atoms with E-state index in [1.807, 2.05) is 13.1 Å². The molecule has 0 atom stereocenters. The highest BCUT2D eigenvalue weighted by atomic mass is 32.1. The van der Waals surface area contributed by atoms with Gasteiger partial charge in [-0.3, -0.25) is 0 Å². The summed E-state index contributed by atoms with van der Waals surface area (Å²) in [5.41, 5.74) is 0. The third-order valence-electron chi connectivity index (χ3n) is 0.878. The van der Waals surface area contributed by atoms with Crippen molar-refractivity contribution in [3.63, 3.8) is 0 Å². The number of rotatable bonds is 2. The quantitative estimate of drug-likeness (QED) is 0.629. The van der Waals surface area contributed by atoms with E-state index in [-0.39, 0.29) is 0 Å². The Kier molecular flexibility index (Phi) is 2.06. The molecular formula is C6H8NS. The lowest BCUT2D eigenvalue weighted by molar-refractivity contribution is 0.831. The normalized spacial score (nSPS) is 9.62. The molecule has 1 N–H and O–H groups in total. The summed E-state index contributed by atoms with van der Waals surface area (Å²) in [5, 5.41) is 6.08. The SMILES string of the molecule is CNCc1cc[c]s1. The van der Waals surface area contributed by atoms with Crippen LogP contribution in [0.15, 0.2) is 12.1 Å². The lowest BCUT2D eigenvalue weighted by atomic mass is 10.5. The molecule has 1 nitrogen and oxygen atoms in total. The Hall–Kier alpha value is -0.340.